The van der Waals surface area contributed by atoms with Crippen molar-refractivity contribution in [1.29, 1.82) is 0 Å². The van der Waals surface area contributed by atoms with Crippen LogP contribution in [0.15, 0.2) is 60.8 Å². The summed E-state index contributed by atoms with van der Waals surface area (Å²) in [6, 6.07) is 17.4. The summed E-state index contributed by atoms with van der Waals surface area (Å²) in [5.41, 5.74) is 3.79. The van der Waals surface area contributed by atoms with E-state index in [2.05, 4.69) is 15.3 Å². The maximum absolute atomic E-state index is 13.1. The molecule has 3 aromatic rings. The van der Waals surface area contributed by atoms with Crippen molar-refractivity contribution in [3.63, 3.8) is 0 Å². The number of aryl methyl sites for hydroxylation is 1. The smallest absolute Gasteiger partial charge is 0.253 e. The Kier molecular flexibility index (Phi) is 6.69. The number of amides is 2. The number of rotatable bonds is 6. The van der Waals surface area contributed by atoms with Crippen LogP contribution in [0.2, 0.25) is 0 Å². The first kappa shape index (κ1) is 21.8. The summed E-state index contributed by atoms with van der Waals surface area (Å²) in [5.74, 6) is 0.517. The Labute approximate surface area is 189 Å². The van der Waals surface area contributed by atoms with Crippen LogP contribution < -0.4 is 5.32 Å². The topological polar surface area (TPSA) is 78.1 Å². The average Bonchev–Trinajstić information content (AvgIpc) is 3.33. The number of aromatic nitrogens is 2. The van der Waals surface area contributed by atoms with E-state index < -0.39 is 0 Å². The van der Waals surface area contributed by atoms with Crippen molar-refractivity contribution in [1.82, 2.24) is 20.2 Å². The Morgan fingerprint density at radius 2 is 1.91 bits per heavy atom. The first-order valence-electron chi connectivity index (χ1n) is 11.3. The summed E-state index contributed by atoms with van der Waals surface area (Å²) in [6.07, 6.45) is 4.15. The van der Waals surface area contributed by atoms with E-state index in [-0.39, 0.29) is 23.8 Å². The van der Waals surface area contributed by atoms with Crippen LogP contribution in [0.1, 0.15) is 54.0 Å². The molecule has 4 rings (SSSR count). The van der Waals surface area contributed by atoms with E-state index in [9.17, 15) is 9.59 Å². The molecule has 0 radical (unpaired) electrons. The number of hydrogen-bond donors (Lipinski definition) is 2. The number of carbonyl (C=O) groups excluding carboxylic acids is 2. The lowest BCUT2D eigenvalue weighted by Crippen LogP contribution is -2.46. The molecule has 6 nitrogen and oxygen atoms in total. The van der Waals surface area contributed by atoms with Gasteiger partial charge in [0.15, 0.2) is 0 Å². The van der Waals surface area contributed by atoms with Gasteiger partial charge in [-0.15, -0.1) is 0 Å². The van der Waals surface area contributed by atoms with Gasteiger partial charge in [0.1, 0.15) is 5.82 Å². The van der Waals surface area contributed by atoms with Crippen molar-refractivity contribution >= 4 is 11.8 Å². The molecule has 1 fully saturated rings. The van der Waals surface area contributed by atoms with E-state index in [1.807, 2.05) is 74.6 Å². The van der Waals surface area contributed by atoms with Crippen LogP contribution in [0.3, 0.4) is 0 Å². The molecule has 2 aromatic carbocycles. The molecule has 1 aliphatic heterocycles. The molecule has 166 valence electrons. The van der Waals surface area contributed by atoms with Crippen LogP contribution >= 0.6 is 0 Å². The molecule has 0 bridgehead atoms. The predicted octanol–water partition coefficient (Wildman–Crippen LogP) is 4.50. The third kappa shape index (κ3) is 4.90. The van der Waals surface area contributed by atoms with Crippen LogP contribution in [0, 0.1) is 12.8 Å². The second-order valence-electron chi connectivity index (χ2n) is 8.47. The molecule has 0 spiro atoms. The second-order valence-corrected chi connectivity index (χ2v) is 8.47. The van der Waals surface area contributed by atoms with Crippen molar-refractivity contribution < 1.29 is 9.59 Å². The van der Waals surface area contributed by atoms with Gasteiger partial charge in [-0.1, -0.05) is 55.0 Å². The van der Waals surface area contributed by atoms with Gasteiger partial charge >= 0.3 is 0 Å². The highest BCUT2D eigenvalue weighted by Gasteiger charge is 2.30. The normalized spacial score (nSPS) is 17.1. The molecule has 32 heavy (non-hydrogen) atoms. The Balaban J connectivity index is 1.40. The van der Waals surface area contributed by atoms with Gasteiger partial charge in [0.2, 0.25) is 5.91 Å². The number of aromatic amines is 1. The summed E-state index contributed by atoms with van der Waals surface area (Å²) in [5, 5.41) is 3.15. The van der Waals surface area contributed by atoms with Crippen molar-refractivity contribution in [2.24, 2.45) is 5.92 Å². The number of nitrogens with one attached hydrogen (secondary N) is 2. The summed E-state index contributed by atoms with van der Waals surface area (Å²) in [7, 11) is 0. The minimum atomic E-state index is -0.212. The van der Waals surface area contributed by atoms with E-state index in [1.54, 1.807) is 4.90 Å². The fourth-order valence-corrected chi connectivity index (χ4v) is 4.19. The van der Waals surface area contributed by atoms with Gasteiger partial charge in [0, 0.05) is 18.7 Å². The van der Waals surface area contributed by atoms with Gasteiger partial charge in [0.25, 0.3) is 5.91 Å². The van der Waals surface area contributed by atoms with Gasteiger partial charge < -0.3 is 15.2 Å². The Bertz CT molecular complexity index is 1060. The van der Waals surface area contributed by atoms with E-state index in [4.69, 9.17) is 0 Å². The van der Waals surface area contributed by atoms with Crippen LogP contribution in [0.5, 0.6) is 0 Å². The molecule has 1 saturated heterocycles. The lowest BCUT2D eigenvalue weighted by Gasteiger charge is -2.32. The van der Waals surface area contributed by atoms with Gasteiger partial charge in [-0.2, -0.15) is 0 Å². The zero-order chi connectivity index (χ0) is 22.5. The Morgan fingerprint density at radius 3 is 2.62 bits per heavy atom. The largest absolute Gasteiger partial charge is 0.346 e. The molecule has 2 unspecified atom stereocenters. The zero-order valence-corrected chi connectivity index (χ0v) is 18.7. The Hall–Kier alpha value is -3.41. The highest BCUT2D eigenvalue weighted by molar-refractivity contribution is 5.94. The zero-order valence-electron chi connectivity index (χ0n) is 18.7. The average molecular weight is 431 g/mol. The first-order chi connectivity index (χ1) is 15.5. The van der Waals surface area contributed by atoms with E-state index in [0.29, 0.717) is 18.7 Å². The van der Waals surface area contributed by atoms with Crippen LogP contribution in [0.4, 0.5) is 0 Å². The number of H-pyrrole nitrogens is 1. The van der Waals surface area contributed by atoms with Gasteiger partial charge in [-0.25, -0.2) is 4.98 Å². The number of hydrogen-bond acceptors (Lipinski definition) is 3. The lowest BCUT2D eigenvalue weighted by atomic mass is 9.96. The quantitative estimate of drug-likeness (QED) is 0.604. The molecule has 1 aliphatic rings. The summed E-state index contributed by atoms with van der Waals surface area (Å²) in [6.45, 7) is 5.17. The number of benzene rings is 2. The predicted molar refractivity (Wildman–Crippen MR) is 125 cm³/mol. The van der Waals surface area contributed by atoms with Crippen molar-refractivity contribution in [3.8, 4) is 11.3 Å². The SMILES string of the molecule is CCC(NC(=O)C1CCCN(C(=O)c2ccc(C)cc2)C1)c1ncc(-c2ccccc2)[nH]1. The molecule has 2 amide bonds. The van der Waals surface area contributed by atoms with Crippen LogP contribution in [-0.4, -0.2) is 39.8 Å². The highest BCUT2D eigenvalue weighted by Crippen LogP contribution is 2.23. The number of carbonyl (C=O) groups is 2. The van der Waals surface area contributed by atoms with Gasteiger partial charge in [-0.3, -0.25) is 9.59 Å². The molecular weight excluding hydrogens is 400 g/mol. The third-order valence-electron chi connectivity index (χ3n) is 6.11. The molecule has 0 aliphatic carbocycles. The monoisotopic (exact) mass is 430 g/mol. The summed E-state index contributed by atoms with van der Waals surface area (Å²) in [4.78, 5) is 35.6. The molecule has 0 saturated carbocycles. The first-order valence-corrected chi connectivity index (χ1v) is 11.3. The third-order valence-corrected chi connectivity index (χ3v) is 6.11. The molecule has 2 heterocycles. The number of imidazole rings is 1. The minimum Gasteiger partial charge on any atom is -0.346 e. The minimum absolute atomic E-state index is 0.00641. The molecule has 1 aromatic heterocycles. The van der Waals surface area contributed by atoms with Crippen molar-refractivity contribution in [3.05, 3.63) is 77.7 Å². The highest BCUT2D eigenvalue weighted by atomic mass is 16.2. The van der Waals surface area contributed by atoms with Crippen molar-refractivity contribution in [2.75, 3.05) is 13.1 Å². The van der Waals surface area contributed by atoms with Gasteiger partial charge in [0.05, 0.1) is 23.9 Å². The second kappa shape index (κ2) is 9.81. The van der Waals surface area contributed by atoms with E-state index in [0.717, 1.165) is 41.9 Å². The molecule has 2 N–H and O–H groups in total. The van der Waals surface area contributed by atoms with Crippen LogP contribution in [0.25, 0.3) is 11.3 Å². The standard InChI is InChI=1S/C26H30N4O2/c1-3-22(24-27-16-23(28-24)19-8-5-4-6-9-19)29-25(31)21-10-7-15-30(17-21)26(32)20-13-11-18(2)12-14-20/h4-6,8-9,11-14,16,21-22H,3,7,10,15,17H2,1-2H3,(H,27,28)(H,29,31). The van der Waals surface area contributed by atoms with Gasteiger partial charge in [-0.05, 0) is 43.9 Å². The fraction of sp³-hybridized carbons (Fsp3) is 0.346. The number of nitrogens with zero attached hydrogens (tertiary/aromatic N) is 2. The molecule has 6 heteroatoms. The van der Waals surface area contributed by atoms with E-state index in [1.165, 1.54) is 0 Å². The maximum Gasteiger partial charge on any atom is 0.253 e. The summed E-state index contributed by atoms with van der Waals surface area (Å²) >= 11 is 0. The maximum atomic E-state index is 13.1. The fourth-order valence-electron chi connectivity index (χ4n) is 4.19. The number of piperidine rings is 1. The molecular formula is C26H30N4O2. The Morgan fingerprint density at radius 1 is 1.16 bits per heavy atom. The lowest BCUT2D eigenvalue weighted by molar-refractivity contribution is -0.127. The van der Waals surface area contributed by atoms with Crippen LogP contribution in [-0.2, 0) is 4.79 Å². The summed E-state index contributed by atoms with van der Waals surface area (Å²) < 4.78 is 0. The number of likely N-dealkylation sites (tertiary alicyclic amines) is 1. The van der Waals surface area contributed by atoms with E-state index >= 15 is 0 Å². The molecule has 2 atom stereocenters. The van der Waals surface area contributed by atoms with Crippen molar-refractivity contribution in [2.45, 2.75) is 39.2 Å².